The number of amides is 1. The number of hydrogen-bond acceptors (Lipinski definition) is 3. The van der Waals surface area contributed by atoms with Crippen molar-refractivity contribution in [3.05, 3.63) is 35.9 Å². The molecule has 4 heteroatoms. The molecule has 0 aromatic heterocycles. The van der Waals surface area contributed by atoms with Gasteiger partial charge in [-0.2, -0.15) is 0 Å². The van der Waals surface area contributed by atoms with Crippen LogP contribution in [-0.2, 0) is 4.79 Å². The highest BCUT2D eigenvalue weighted by Gasteiger charge is 2.24. The molecule has 1 atom stereocenters. The molecule has 4 nitrogen and oxygen atoms in total. The van der Waals surface area contributed by atoms with Crippen LogP contribution in [0.3, 0.4) is 0 Å². The van der Waals surface area contributed by atoms with Crippen molar-refractivity contribution in [3.63, 3.8) is 0 Å². The van der Waals surface area contributed by atoms with E-state index in [9.17, 15) is 4.79 Å². The van der Waals surface area contributed by atoms with Gasteiger partial charge in [0.05, 0.1) is 0 Å². The van der Waals surface area contributed by atoms with E-state index in [0.29, 0.717) is 5.92 Å². The van der Waals surface area contributed by atoms with E-state index in [0.717, 1.165) is 17.8 Å². The van der Waals surface area contributed by atoms with Crippen molar-refractivity contribution in [1.29, 1.82) is 0 Å². The van der Waals surface area contributed by atoms with Gasteiger partial charge in [0.2, 0.25) is 0 Å². The van der Waals surface area contributed by atoms with Crippen LogP contribution < -0.4 is 10.9 Å². The zero-order valence-electron chi connectivity index (χ0n) is 10.1. The lowest BCUT2D eigenvalue weighted by Gasteiger charge is -2.23. The molecule has 0 bridgehead atoms. The lowest BCUT2D eigenvalue weighted by atomic mass is 10.0. The maximum Gasteiger partial charge on any atom is 0.263 e. The standard InChI is InChI=1S/C13H17N3O/c1-9(2)8-11-13(17)16-15-12(14-11)10-6-4-3-5-7-10/h3-7,9,11H,8H2,1-2H3,(H,14,15)(H,16,17)/t11-/m0/s1. The van der Waals surface area contributed by atoms with Gasteiger partial charge in [-0.3, -0.25) is 20.6 Å². The van der Waals surface area contributed by atoms with Crippen LogP contribution in [-0.4, -0.2) is 17.8 Å². The molecule has 1 heterocycles. The van der Waals surface area contributed by atoms with Crippen molar-refractivity contribution in [1.82, 2.24) is 10.9 Å². The van der Waals surface area contributed by atoms with Gasteiger partial charge in [0.15, 0.2) is 0 Å². The molecule has 17 heavy (non-hydrogen) atoms. The molecular formula is C13H17N3O. The first kappa shape index (κ1) is 11.6. The molecule has 1 amide bonds. The summed E-state index contributed by atoms with van der Waals surface area (Å²) in [5.74, 6) is 1.12. The molecule has 90 valence electrons. The molecule has 0 unspecified atom stereocenters. The third-order valence-electron chi connectivity index (χ3n) is 2.63. The molecule has 1 aliphatic heterocycles. The minimum atomic E-state index is -0.286. The van der Waals surface area contributed by atoms with Crippen LogP contribution >= 0.6 is 0 Å². The number of carbonyl (C=O) groups excluding carboxylic acids is 1. The first-order chi connectivity index (χ1) is 8.16. The zero-order valence-corrected chi connectivity index (χ0v) is 10.1. The minimum absolute atomic E-state index is 0.0571. The molecule has 1 aliphatic rings. The van der Waals surface area contributed by atoms with Gasteiger partial charge < -0.3 is 0 Å². The number of aliphatic imine (C=N–C) groups is 1. The van der Waals surface area contributed by atoms with Crippen LogP contribution in [0.5, 0.6) is 0 Å². The quantitative estimate of drug-likeness (QED) is 0.828. The van der Waals surface area contributed by atoms with Crippen LogP contribution in [0.4, 0.5) is 0 Å². The average molecular weight is 231 g/mol. The van der Waals surface area contributed by atoms with Gasteiger partial charge in [0.1, 0.15) is 11.9 Å². The lowest BCUT2D eigenvalue weighted by molar-refractivity contribution is -0.123. The van der Waals surface area contributed by atoms with Crippen LogP contribution in [0, 0.1) is 5.92 Å². The smallest absolute Gasteiger partial charge is 0.263 e. The van der Waals surface area contributed by atoms with E-state index < -0.39 is 0 Å². The predicted octanol–water partition coefficient (Wildman–Crippen LogP) is 1.48. The van der Waals surface area contributed by atoms with Gasteiger partial charge in [-0.1, -0.05) is 44.2 Å². The van der Waals surface area contributed by atoms with Crippen molar-refractivity contribution in [2.24, 2.45) is 10.9 Å². The van der Waals surface area contributed by atoms with E-state index >= 15 is 0 Å². The molecule has 0 aliphatic carbocycles. The Bertz CT molecular complexity index is 426. The van der Waals surface area contributed by atoms with Crippen molar-refractivity contribution < 1.29 is 4.79 Å². The Labute approximate surface area is 101 Å². The van der Waals surface area contributed by atoms with Gasteiger partial charge in [0, 0.05) is 5.56 Å². The van der Waals surface area contributed by atoms with Crippen molar-refractivity contribution in [2.45, 2.75) is 26.3 Å². The van der Waals surface area contributed by atoms with Gasteiger partial charge in [-0.25, -0.2) is 0 Å². The fourth-order valence-corrected chi connectivity index (χ4v) is 1.80. The molecule has 0 saturated carbocycles. The molecule has 1 aromatic rings. The summed E-state index contributed by atoms with van der Waals surface area (Å²) in [4.78, 5) is 16.1. The number of rotatable bonds is 3. The SMILES string of the molecule is CC(C)C[C@@H]1N=C(c2ccccc2)NNC1=O. The highest BCUT2D eigenvalue weighted by molar-refractivity contribution is 6.03. The van der Waals surface area contributed by atoms with Crippen molar-refractivity contribution >= 4 is 11.7 Å². The topological polar surface area (TPSA) is 53.5 Å². The number of hydrogen-bond donors (Lipinski definition) is 2. The molecule has 2 N–H and O–H groups in total. The average Bonchev–Trinajstić information content (AvgIpc) is 2.32. The Morgan fingerprint density at radius 1 is 1.24 bits per heavy atom. The maximum absolute atomic E-state index is 11.6. The first-order valence-corrected chi connectivity index (χ1v) is 5.86. The van der Waals surface area contributed by atoms with Gasteiger partial charge in [-0.05, 0) is 12.3 Å². The highest BCUT2D eigenvalue weighted by atomic mass is 16.2. The number of amidine groups is 1. The third kappa shape index (κ3) is 2.84. The Hall–Kier alpha value is -1.84. The Balaban J connectivity index is 2.21. The first-order valence-electron chi connectivity index (χ1n) is 5.86. The summed E-state index contributed by atoms with van der Waals surface area (Å²) in [7, 11) is 0. The summed E-state index contributed by atoms with van der Waals surface area (Å²) in [5.41, 5.74) is 6.49. The van der Waals surface area contributed by atoms with Crippen molar-refractivity contribution in [2.75, 3.05) is 0 Å². The molecule has 0 spiro atoms. The molecular weight excluding hydrogens is 214 g/mol. The molecule has 0 radical (unpaired) electrons. The molecule has 1 aromatic carbocycles. The minimum Gasteiger partial charge on any atom is -0.282 e. The Morgan fingerprint density at radius 3 is 2.59 bits per heavy atom. The van der Waals surface area contributed by atoms with Crippen molar-refractivity contribution in [3.8, 4) is 0 Å². The Morgan fingerprint density at radius 2 is 1.94 bits per heavy atom. The normalized spacial score (nSPS) is 19.6. The number of nitrogens with one attached hydrogen (secondary N) is 2. The summed E-state index contributed by atoms with van der Waals surface area (Å²) < 4.78 is 0. The summed E-state index contributed by atoms with van der Waals surface area (Å²) >= 11 is 0. The van der Waals surface area contributed by atoms with Crippen LogP contribution in [0.2, 0.25) is 0 Å². The molecule has 2 rings (SSSR count). The van der Waals surface area contributed by atoms with E-state index in [4.69, 9.17) is 0 Å². The summed E-state index contributed by atoms with van der Waals surface area (Å²) in [6.45, 7) is 4.18. The summed E-state index contributed by atoms with van der Waals surface area (Å²) in [5, 5.41) is 0. The summed E-state index contributed by atoms with van der Waals surface area (Å²) in [6, 6.07) is 9.51. The number of carbonyl (C=O) groups is 1. The fourth-order valence-electron chi connectivity index (χ4n) is 1.80. The van der Waals surface area contributed by atoms with E-state index in [1.165, 1.54) is 0 Å². The molecule has 0 saturated heterocycles. The number of benzene rings is 1. The second kappa shape index (κ2) is 4.99. The summed E-state index contributed by atoms with van der Waals surface area (Å²) in [6.07, 6.45) is 0.768. The fraction of sp³-hybridized carbons (Fsp3) is 0.385. The Kier molecular flexibility index (Phi) is 3.42. The lowest BCUT2D eigenvalue weighted by Crippen LogP contribution is -2.51. The van der Waals surface area contributed by atoms with Crippen LogP contribution in [0.25, 0.3) is 0 Å². The molecule has 0 fully saturated rings. The second-order valence-electron chi connectivity index (χ2n) is 4.60. The van der Waals surface area contributed by atoms with Gasteiger partial charge in [0.25, 0.3) is 5.91 Å². The largest absolute Gasteiger partial charge is 0.282 e. The van der Waals surface area contributed by atoms with Crippen LogP contribution in [0.1, 0.15) is 25.8 Å². The van der Waals surface area contributed by atoms with Gasteiger partial charge >= 0.3 is 0 Å². The van der Waals surface area contributed by atoms with E-state index in [1.807, 2.05) is 30.3 Å². The predicted molar refractivity (Wildman–Crippen MR) is 67.5 cm³/mol. The highest BCUT2D eigenvalue weighted by Crippen LogP contribution is 2.12. The number of nitrogens with zero attached hydrogens (tertiary/aromatic N) is 1. The van der Waals surface area contributed by atoms with E-state index in [2.05, 4.69) is 29.7 Å². The van der Waals surface area contributed by atoms with Gasteiger partial charge in [-0.15, -0.1) is 0 Å². The maximum atomic E-state index is 11.6. The third-order valence-corrected chi connectivity index (χ3v) is 2.63. The monoisotopic (exact) mass is 231 g/mol. The zero-order chi connectivity index (χ0) is 12.3. The van der Waals surface area contributed by atoms with E-state index in [-0.39, 0.29) is 11.9 Å². The van der Waals surface area contributed by atoms with Crippen LogP contribution in [0.15, 0.2) is 35.3 Å². The second-order valence-corrected chi connectivity index (χ2v) is 4.60. The number of hydrazine groups is 1. The van der Waals surface area contributed by atoms with E-state index in [1.54, 1.807) is 0 Å².